The molecule has 1 saturated carbocycles. The maximum Gasteiger partial charge on any atom is 0.264 e. The molecule has 0 aromatic heterocycles. The van der Waals surface area contributed by atoms with Crippen molar-refractivity contribution in [3.63, 3.8) is 0 Å². The summed E-state index contributed by atoms with van der Waals surface area (Å²) in [5, 5.41) is 3.49. The highest BCUT2D eigenvalue weighted by Crippen LogP contribution is 2.31. The summed E-state index contributed by atoms with van der Waals surface area (Å²) in [7, 11) is -2.63. The molecule has 0 spiro atoms. The fourth-order valence-electron chi connectivity index (χ4n) is 4.97. The fraction of sp³-hybridized carbons (Fsp3) is 0.355. The first-order chi connectivity index (χ1) is 20.1. The normalized spacial score (nSPS) is 14.6. The quantitative estimate of drug-likeness (QED) is 0.277. The number of carbonyl (C=O) groups excluding carboxylic acids is 2. The van der Waals surface area contributed by atoms with E-state index in [1.54, 1.807) is 44.4 Å². The number of methoxy groups -OCH3 is 1. The minimum atomic E-state index is -4.20. The zero-order chi connectivity index (χ0) is 30.3. The number of rotatable bonds is 11. The number of anilines is 1. The SMILES string of the molecule is COc1ccc(CN(C(=O)CN(c2ccc(Cl)c(Cl)c2)S(=O)(=O)c2ccccc2)[C@H](C)C(=O)NC2CCCCC2)cc1. The van der Waals surface area contributed by atoms with Crippen LogP contribution < -0.4 is 14.4 Å². The Kier molecular flexibility index (Phi) is 10.8. The zero-order valence-corrected chi connectivity index (χ0v) is 26.0. The topological polar surface area (TPSA) is 96.0 Å². The summed E-state index contributed by atoms with van der Waals surface area (Å²) in [4.78, 5) is 28.9. The van der Waals surface area contributed by atoms with Gasteiger partial charge in [-0.3, -0.25) is 13.9 Å². The summed E-state index contributed by atoms with van der Waals surface area (Å²) in [6.45, 7) is 1.18. The zero-order valence-electron chi connectivity index (χ0n) is 23.6. The van der Waals surface area contributed by atoms with E-state index >= 15 is 0 Å². The highest BCUT2D eigenvalue weighted by Gasteiger charge is 2.33. The lowest BCUT2D eigenvalue weighted by atomic mass is 9.95. The largest absolute Gasteiger partial charge is 0.497 e. The van der Waals surface area contributed by atoms with Crippen molar-refractivity contribution in [2.24, 2.45) is 0 Å². The predicted octanol–water partition coefficient (Wildman–Crippen LogP) is 6.06. The molecule has 0 bridgehead atoms. The van der Waals surface area contributed by atoms with Crippen molar-refractivity contribution in [2.45, 2.75) is 62.6 Å². The van der Waals surface area contributed by atoms with Gasteiger partial charge in [-0.2, -0.15) is 0 Å². The van der Waals surface area contributed by atoms with Crippen molar-refractivity contribution >= 4 is 50.7 Å². The summed E-state index contributed by atoms with van der Waals surface area (Å²) in [5.41, 5.74) is 0.929. The van der Waals surface area contributed by atoms with Gasteiger partial charge in [0.1, 0.15) is 18.3 Å². The molecule has 8 nitrogen and oxygen atoms in total. The second kappa shape index (κ2) is 14.3. The van der Waals surface area contributed by atoms with Crippen molar-refractivity contribution in [3.8, 4) is 5.75 Å². The van der Waals surface area contributed by atoms with Gasteiger partial charge >= 0.3 is 0 Å². The summed E-state index contributed by atoms with van der Waals surface area (Å²) >= 11 is 12.4. The van der Waals surface area contributed by atoms with Gasteiger partial charge in [0.15, 0.2) is 0 Å². The number of sulfonamides is 1. The molecule has 0 saturated heterocycles. The molecule has 11 heteroatoms. The van der Waals surface area contributed by atoms with Crippen LogP contribution in [0.3, 0.4) is 0 Å². The molecule has 2 amide bonds. The highest BCUT2D eigenvalue weighted by atomic mass is 35.5. The molecule has 0 unspecified atom stereocenters. The molecule has 3 aromatic rings. The Labute approximate surface area is 257 Å². The van der Waals surface area contributed by atoms with Crippen molar-refractivity contribution < 1.29 is 22.7 Å². The van der Waals surface area contributed by atoms with E-state index in [4.69, 9.17) is 27.9 Å². The second-order valence-corrected chi connectivity index (χ2v) is 13.0. The number of hydrogen-bond donors (Lipinski definition) is 1. The van der Waals surface area contributed by atoms with E-state index in [2.05, 4.69) is 5.32 Å². The summed E-state index contributed by atoms with van der Waals surface area (Å²) < 4.78 is 34.0. The molecule has 0 heterocycles. The van der Waals surface area contributed by atoms with E-state index in [0.29, 0.717) is 5.75 Å². The Hall–Kier alpha value is -3.27. The smallest absolute Gasteiger partial charge is 0.264 e. The Balaban J connectivity index is 1.68. The second-order valence-electron chi connectivity index (χ2n) is 10.3. The first-order valence-electron chi connectivity index (χ1n) is 13.9. The third kappa shape index (κ3) is 7.76. The van der Waals surface area contributed by atoms with Gasteiger partial charge in [-0.1, -0.05) is 72.8 Å². The molecule has 1 aliphatic rings. The lowest BCUT2D eigenvalue weighted by Crippen LogP contribution is -2.53. The molecule has 42 heavy (non-hydrogen) atoms. The van der Waals surface area contributed by atoms with Gasteiger partial charge in [-0.25, -0.2) is 8.42 Å². The monoisotopic (exact) mass is 631 g/mol. The minimum absolute atomic E-state index is 0.00802. The molecule has 4 rings (SSSR count). The van der Waals surface area contributed by atoms with Gasteiger partial charge in [-0.05, 0) is 67.8 Å². The number of benzene rings is 3. The maximum atomic E-state index is 14.1. The van der Waals surface area contributed by atoms with Crippen LogP contribution in [0.2, 0.25) is 10.0 Å². The van der Waals surface area contributed by atoms with E-state index in [-0.39, 0.29) is 39.1 Å². The molecular formula is C31H35Cl2N3O5S. The Morgan fingerprint density at radius 3 is 2.24 bits per heavy atom. The van der Waals surface area contributed by atoms with Crippen LogP contribution in [0.15, 0.2) is 77.7 Å². The van der Waals surface area contributed by atoms with Crippen LogP contribution in [0, 0.1) is 0 Å². The van der Waals surface area contributed by atoms with Gasteiger partial charge in [0.2, 0.25) is 11.8 Å². The molecule has 1 atom stereocenters. The van der Waals surface area contributed by atoms with Crippen molar-refractivity contribution in [1.82, 2.24) is 10.2 Å². The summed E-state index contributed by atoms with van der Waals surface area (Å²) in [6.07, 6.45) is 5.02. The lowest BCUT2D eigenvalue weighted by molar-refractivity contribution is -0.139. The van der Waals surface area contributed by atoms with Crippen LogP contribution in [-0.2, 0) is 26.2 Å². The van der Waals surface area contributed by atoms with E-state index < -0.39 is 28.5 Å². The standard InChI is InChI=1S/C31H35Cl2N3O5S/c1-22(31(38)34-24-9-5-3-6-10-24)35(20-23-13-16-26(41-2)17-14-23)30(37)21-36(25-15-18-28(32)29(33)19-25)42(39,40)27-11-7-4-8-12-27/h4,7-8,11-19,22,24H,3,5-6,9-10,20-21H2,1-2H3,(H,34,38)/t22-/m1/s1. The first-order valence-corrected chi connectivity index (χ1v) is 16.1. The van der Waals surface area contributed by atoms with E-state index in [9.17, 15) is 18.0 Å². The van der Waals surface area contributed by atoms with Crippen LogP contribution in [-0.4, -0.2) is 50.9 Å². The van der Waals surface area contributed by atoms with Crippen LogP contribution >= 0.6 is 23.2 Å². The molecule has 0 radical (unpaired) electrons. The van der Waals surface area contributed by atoms with E-state index in [1.165, 1.54) is 35.2 Å². The third-order valence-corrected chi connectivity index (χ3v) is 9.96. The van der Waals surface area contributed by atoms with Crippen LogP contribution in [0.25, 0.3) is 0 Å². The molecule has 1 N–H and O–H groups in total. The Morgan fingerprint density at radius 2 is 1.62 bits per heavy atom. The number of hydrogen-bond acceptors (Lipinski definition) is 5. The Bertz CT molecular complexity index is 1480. The number of amides is 2. The van der Waals surface area contributed by atoms with Gasteiger partial charge in [0.25, 0.3) is 10.0 Å². The van der Waals surface area contributed by atoms with Gasteiger partial charge in [-0.15, -0.1) is 0 Å². The molecule has 1 fully saturated rings. The summed E-state index contributed by atoms with van der Waals surface area (Å²) in [5.74, 6) is -0.182. The third-order valence-electron chi connectivity index (χ3n) is 7.43. The Morgan fingerprint density at radius 1 is 0.952 bits per heavy atom. The van der Waals surface area contributed by atoms with Crippen LogP contribution in [0.4, 0.5) is 5.69 Å². The number of carbonyl (C=O) groups is 2. The van der Waals surface area contributed by atoms with E-state index in [1.807, 2.05) is 12.1 Å². The molecule has 1 aliphatic carbocycles. The fourth-order valence-corrected chi connectivity index (χ4v) is 6.69. The number of nitrogens with one attached hydrogen (secondary N) is 1. The molecule has 0 aliphatic heterocycles. The van der Waals surface area contributed by atoms with Crippen LogP contribution in [0.1, 0.15) is 44.6 Å². The average Bonchev–Trinajstić information content (AvgIpc) is 3.00. The molecular weight excluding hydrogens is 597 g/mol. The van der Waals surface area contributed by atoms with Crippen molar-refractivity contribution in [1.29, 1.82) is 0 Å². The van der Waals surface area contributed by atoms with Gasteiger partial charge in [0.05, 0.1) is 27.7 Å². The van der Waals surface area contributed by atoms with Crippen LogP contribution in [0.5, 0.6) is 5.75 Å². The van der Waals surface area contributed by atoms with Crippen molar-refractivity contribution in [2.75, 3.05) is 18.0 Å². The van der Waals surface area contributed by atoms with E-state index in [0.717, 1.165) is 42.0 Å². The number of ether oxygens (including phenoxy) is 1. The van der Waals surface area contributed by atoms with Gasteiger partial charge < -0.3 is 15.0 Å². The average molecular weight is 633 g/mol. The maximum absolute atomic E-state index is 14.1. The summed E-state index contributed by atoms with van der Waals surface area (Å²) in [6, 6.07) is 18.6. The van der Waals surface area contributed by atoms with Crippen molar-refractivity contribution in [3.05, 3.63) is 88.4 Å². The number of halogens is 2. The first kappa shape index (κ1) is 31.7. The predicted molar refractivity (Wildman–Crippen MR) is 165 cm³/mol. The molecule has 3 aromatic carbocycles. The lowest BCUT2D eigenvalue weighted by Gasteiger charge is -2.33. The van der Waals surface area contributed by atoms with Gasteiger partial charge in [0, 0.05) is 12.6 Å². The molecule has 224 valence electrons. The number of nitrogens with zero attached hydrogens (tertiary/aromatic N) is 2. The minimum Gasteiger partial charge on any atom is -0.497 e. The highest BCUT2D eigenvalue weighted by molar-refractivity contribution is 7.92.